The lowest BCUT2D eigenvalue weighted by Gasteiger charge is -2.05. The number of thiazole rings is 1. The lowest BCUT2D eigenvalue weighted by atomic mass is 10.2. The first kappa shape index (κ1) is 12.7. The Balaban J connectivity index is 2.28. The van der Waals surface area contributed by atoms with Crippen LogP contribution in [0.5, 0.6) is 0 Å². The van der Waals surface area contributed by atoms with E-state index in [1.807, 2.05) is 19.2 Å². The molecule has 0 aromatic carbocycles. The van der Waals surface area contributed by atoms with Crippen LogP contribution in [0.2, 0.25) is 10.3 Å². The molecular formula is C11H11Cl2N3S. The summed E-state index contributed by atoms with van der Waals surface area (Å²) >= 11 is 13.7. The predicted octanol–water partition coefficient (Wildman–Crippen LogP) is 3.70. The standard InChI is InChI=1S/C11H11Cl2N3S/c1-3-7-10(12)15-8(16-11(7)13)4-9-14-6(2)5-17-9/h5H,3-4H2,1-2H3. The van der Waals surface area contributed by atoms with E-state index in [0.29, 0.717) is 22.6 Å². The van der Waals surface area contributed by atoms with Crippen LogP contribution in [-0.2, 0) is 12.8 Å². The van der Waals surface area contributed by atoms with Gasteiger partial charge in [-0.3, -0.25) is 0 Å². The summed E-state index contributed by atoms with van der Waals surface area (Å²) in [5.41, 5.74) is 1.81. The summed E-state index contributed by atoms with van der Waals surface area (Å²) in [4.78, 5) is 12.9. The molecule has 6 heteroatoms. The van der Waals surface area contributed by atoms with E-state index in [4.69, 9.17) is 23.2 Å². The second-order valence-corrected chi connectivity index (χ2v) is 5.27. The second kappa shape index (κ2) is 5.29. The number of nitrogens with zero attached hydrogens (tertiary/aromatic N) is 3. The van der Waals surface area contributed by atoms with Crippen molar-refractivity contribution in [1.82, 2.24) is 15.0 Å². The van der Waals surface area contributed by atoms with Crippen LogP contribution >= 0.6 is 34.5 Å². The number of halogens is 2. The lowest BCUT2D eigenvalue weighted by molar-refractivity contribution is 0.926. The topological polar surface area (TPSA) is 38.7 Å². The first-order valence-electron chi connectivity index (χ1n) is 5.22. The van der Waals surface area contributed by atoms with Gasteiger partial charge in [-0.25, -0.2) is 15.0 Å². The van der Waals surface area contributed by atoms with Crippen LogP contribution < -0.4 is 0 Å². The summed E-state index contributed by atoms with van der Waals surface area (Å²) in [6.45, 7) is 3.93. The molecular weight excluding hydrogens is 277 g/mol. The third-order valence-corrected chi connectivity index (χ3v) is 3.87. The molecule has 17 heavy (non-hydrogen) atoms. The molecule has 2 aromatic heterocycles. The molecule has 0 amide bonds. The van der Waals surface area contributed by atoms with Gasteiger partial charge in [0.2, 0.25) is 0 Å². The molecule has 0 aliphatic heterocycles. The Kier molecular flexibility index (Phi) is 3.97. The highest BCUT2D eigenvalue weighted by molar-refractivity contribution is 7.09. The van der Waals surface area contributed by atoms with Crippen molar-refractivity contribution in [3.63, 3.8) is 0 Å². The minimum atomic E-state index is 0.441. The van der Waals surface area contributed by atoms with Crippen LogP contribution in [0.1, 0.15) is 29.0 Å². The molecule has 2 aromatic rings. The van der Waals surface area contributed by atoms with Crippen molar-refractivity contribution < 1.29 is 0 Å². The predicted molar refractivity (Wildman–Crippen MR) is 71.1 cm³/mol. The molecule has 0 radical (unpaired) electrons. The maximum Gasteiger partial charge on any atom is 0.138 e. The minimum Gasteiger partial charge on any atom is -0.246 e. The molecule has 0 aliphatic carbocycles. The van der Waals surface area contributed by atoms with Gasteiger partial charge < -0.3 is 0 Å². The molecule has 0 spiro atoms. The van der Waals surface area contributed by atoms with Crippen LogP contribution in [0.15, 0.2) is 5.38 Å². The Morgan fingerprint density at radius 1 is 1.18 bits per heavy atom. The van der Waals surface area contributed by atoms with Gasteiger partial charge in [-0.1, -0.05) is 30.1 Å². The molecule has 0 N–H and O–H groups in total. The van der Waals surface area contributed by atoms with Gasteiger partial charge in [0.1, 0.15) is 21.1 Å². The molecule has 0 saturated carbocycles. The fourth-order valence-corrected chi connectivity index (χ4v) is 2.92. The zero-order chi connectivity index (χ0) is 12.4. The largest absolute Gasteiger partial charge is 0.246 e. The zero-order valence-electron chi connectivity index (χ0n) is 9.50. The maximum atomic E-state index is 6.05. The summed E-state index contributed by atoms with van der Waals surface area (Å²) in [6.07, 6.45) is 1.30. The van der Waals surface area contributed by atoms with E-state index in [2.05, 4.69) is 15.0 Å². The first-order chi connectivity index (χ1) is 8.10. The highest BCUT2D eigenvalue weighted by atomic mass is 35.5. The van der Waals surface area contributed by atoms with E-state index in [-0.39, 0.29) is 0 Å². The minimum absolute atomic E-state index is 0.441. The Hall–Kier alpha value is -0.710. The molecule has 0 unspecified atom stereocenters. The van der Waals surface area contributed by atoms with Gasteiger partial charge in [0.15, 0.2) is 0 Å². The van der Waals surface area contributed by atoms with Crippen LogP contribution in [0.25, 0.3) is 0 Å². The fourth-order valence-electron chi connectivity index (χ4n) is 1.46. The molecule has 0 aliphatic rings. The SMILES string of the molecule is CCc1c(Cl)nc(Cc2nc(C)cs2)nc1Cl. The number of aromatic nitrogens is 3. The molecule has 2 heterocycles. The molecule has 0 atom stereocenters. The monoisotopic (exact) mass is 287 g/mol. The van der Waals surface area contributed by atoms with Gasteiger partial charge in [-0.15, -0.1) is 11.3 Å². The Morgan fingerprint density at radius 3 is 2.29 bits per heavy atom. The fraction of sp³-hybridized carbons (Fsp3) is 0.364. The van der Waals surface area contributed by atoms with Gasteiger partial charge in [0.05, 0.1) is 6.42 Å². The Labute approximate surface area is 114 Å². The van der Waals surface area contributed by atoms with Crippen molar-refractivity contribution in [3.05, 3.63) is 37.8 Å². The van der Waals surface area contributed by atoms with E-state index in [9.17, 15) is 0 Å². The summed E-state index contributed by atoms with van der Waals surface area (Å²) < 4.78 is 0. The quantitative estimate of drug-likeness (QED) is 0.808. The zero-order valence-corrected chi connectivity index (χ0v) is 11.8. The van der Waals surface area contributed by atoms with Gasteiger partial charge in [0, 0.05) is 16.6 Å². The summed E-state index contributed by atoms with van der Waals surface area (Å²) in [7, 11) is 0. The lowest BCUT2D eigenvalue weighted by Crippen LogP contribution is -2.01. The van der Waals surface area contributed by atoms with Gasteiger partial charge in [-0.05, 0) is 13.3 Å². The number of hydrogen-bond donors (Lipinski definition) is 0. The van der Waals surface area contributed by atoms with Crippen molar-refractivity contribution >= 4 is 34.5 Å². The molecule has 2 rings (SSSR count). The van der Waals surface area contributed by atoms with Crippen molar-refractivity contribution in [3.8, 4) is 0 Å². The summed E-state index contributed by atoms with van der Waals surface area (Å²) in [5.74, 6) is 0.617. The summed E-state index contributed by atoms with van der Waals surface area (Å²) in [5, 5.41) is 3.85. The van der Waals surface area contributed by atoms with Gasteiger partial charge in [0.25, 0.3) is 0 Å². The van der Waals surface area contributed by atoms with Crippen molar-refractivity contribution in [2.75, 3.05) is 0 Å². The molecule has 0 bridgehead atoms. The van der Waals surface area contributed by atoms with Crippen LogP contribution in [0, 0.1) is 6.92 Å². The molecule has 0 saturated heterocycles. The Morgan fingerprint density at radius 2 is 1.82 bits per heavy atom. The van der Waals surface area contributed by atoms with E-state index in [1.54, 1.807) is 11.3 Å². The number of aryl methyl sites for hydroxylation is 1. The highest BCUT2D eigenvalue weighted by Gasteiger charge is 2.11. The molecule has 3 nitrogen and oxygen atoms in total. The third-order valence-electron chi connectivity index (χ3n) is 2.28. The van der Waals surface area contributed by atoms with Gasteiger partial charge in [-0.2, -0.15) is 0 Å². The smallest absolute Gasteiger partial charge is 0.138 e. The van der Waals surface area contributed by atoms with Crippen LogP contribution in [-0.4, -0.2) is 15.0 Å². The highest BCUT2D eigenvalue weighted by Crippen LogP contribution is 2.23. The van der Waals surface area contributed by atoms with E-state index < -0.39 is 0 Å². The van der Waals surface area contributed by atoms with E-state index in [1.165, 1.54) is 0 Å². The average Bonchev–Trinajstić information content (AvgIpc) is 2.63. The van der Waals surface area contributed by atoms with Crippen LogP contribution in [0.4, 0.5) is 0 Å². The van der Waals surface area contributed by atoms with Crippen LogP contribution in [0.3, 0.4) is 0 Å². The number of rotatable bonds is 3. The van der Waals surface area contributed by atoms with E-state index >= 15 is 0 Å². The van der Waals surface area contributed by atoms with Gasteiger partial charge >= 0.3 is 0 Å². The third kappa shape index (κ3) is 2.94. The average molecular weight is 288 g/mol. The normalized spacial score (nSPS) is 10.8. The first-order valence-corrected chi connectivity index (χ1v) is 6.85. The van der Waals surface area contributed by atoms with Crippen molar-refractivity contribution in [2.45, 2.75) is 26.7 Å². The maximum absolute atomic E-state index is 6.05. The van der Waals surface area contributed by atoms with Crippen molar-refractivity contribution in [1.29, 1.82) is 0 Å². The molecule has 90 valence electrons. The summed E-state index contributed by atoms with van der Waals surface area (Å²) in [6, 6.07) is 0. The molecule has 0 fully saturated rings. The number of hydrogen-bond acceptors (Lipinski definition) is 4. The Bertz CT molecular complexity index is 516. The van der Waals surface area contributed by atoms with Crippen molar-refractivity contribution in [2.24, 2.45) is 0 Å². The van der Waals surface area contributed by atoms with E-state index in [0.717, 1.165) is 22.7 Å². The second-order valence-electron chi connectivity index (χ2n) is 3.61.